The third-order valence-electron chi connectivity index (χ3n) is 2.07. The summed E-state index contributed by atoms with van der Waals surface area (Å²) in [5, 5.41) is 6.81. The first-order valence-electron chi connectivity index (χ1n) is 4.98. The standard InChI is InChI=1S/C11H14Cl2N2O.ClH/c1-14-7-11(16)15-5-4-8-2-3-9(12)6-10(8)13;/h2-3,6,14H,4-5,7H2,1H3,(H,15,16);1H. The maximum Gasteiger partial charge on any atom is 0.233 e. The Morgan fingerprint density at radius 3 is 2.65 bits per heavy atom. The van der Waals surface area contributed by atoms with Gasteiger partial charge in [-0.1, -0.05) is 29.3 Å². The highest BCUT2D eigenvalue weighted by molar-refractivity contribution is 6.35. The zero-order valence-corrected chi connectivity index (χ0v) is 11.8. The molecule has 2 N–H and O–H groups in total. The van der Waals surface area contributed by atoms with Crippen LogP contribution in [0.3, 0.4) is 0 Å². The summed E-state index contributed by atoms with van der Waals surface area (Å²) < 4.78 is 0. The molecule has 0 fully saturated rings. The summed E-state index contributed by atoms with van der Waals surface area (Å²) in [4.78, 5) is 11.1. The average molecular weight is 298 g/mol. The lowest BCUT2D eigenvalue weighted by molar-refractivity contribution is -0.120. The van der Waals surface area contributed by atoms with E-state index >= 15 is 0 Å². The first-order chi connectivity index (χ1) is 7.63. The predicted molar refractivity (Wildman–Crippen MR) is 74.4 cm³/mol. The molecular weight excluding hydrogens is 282 g/mol. The summed E-state index contributed by atoms with van der Waals surface area (Å²) >= 11 is 11.8. The molecule has 17 heavy (non-hydrogen) atoms. The van der Waals surface area contributed by atoms with Gasteiger partial charge in [-0.05, 0) is 31.2 Å². The normalized spacial score (nSPS) is 9.59. The van der Waals surface area contributed by atoms with Gasteiger partial charge in [-0.3, -0.25) is 4.79 Å². The van der Waals surface area contributed by atoms with Crippen LogP contribution >= 0.6 is 35.6 Å². The molecule has 3 nitrogen and oxygen atoms in total. The summed E-state index contributed by atoms with van der Waals surface area (Å²) in [6, 6.07) is 5.36. The van der Waals surface area contributed by atoms with E-state index in [1.54, 1.807) is 19.2 Å². The topological polar surface area (TPSA) is 41.1 Å². The third-order valence-corrected chi connectivity index (χ3v) is 2.66. The average Bonchev–Trinajstić information content (AvgIpc) is 2.22. The van der Waals surface area contributed by atoms with Crippen LogP contribution in [0.15, 0.2) is 18.2 Å². The number of halogens is 3. The Morgan fingerprint density at radius 1 is 1.35 bits per heavy atom. The number of benzene rings is 1. The van der Waals surface area contributed by atoms with Crippen LogP contribution < -0.4 is 10.6 Å². The van der Waals surface area contributed by atoms with Gasteiger partial charge in [-0.2, -0.15) is 0 Å². The van der Waals surface area contributed by atoms with E-state index in [0.29, 0.717) is 29.6 Å². The smallest absolute Gasteiger partial charge is 0.233 e. The van der Waals surface area contributed by atoms with Crippen molar-refractivity contribution in [2.24, 2.45) is 0 Å². The molecule has 0 spiro atoms. The van der Waals surface area contributed by atoms with Crippen molar-refractivity contribution in [2.75, 3.05) is 20.1 Å². The maximum atomic E-state index is 11.1. The molecule has 0 saturated carbocycles. The molecule has 96 valence electrons. The van der Waals surface area contributed by atoms with Gasteiger partial charge in [0, 0.05) is 16.6 Å². The minimum absolute atomic E-state index is 0. The van der Waals surface area contributed by atoms with Crippen molar-refractivity contribution >= 4 is 41.5 Å². The molecule has 1 rings (SSSR count). The van der Waals surface area contributed by atoms with Crippen LogP contribution in [0.1, 0.15) is 5.56 Å². The van der Waals surface area contributed by atoms with E-state index in [4.69, 9.17) is 23.2 Å². The zero-order valence-electron chi connectivity index (χ0n) is 9.43. The van der Waals surface area contributed by atoms with Crippen LogP contribution in [0.4, 0.5) is 0 Å². The van der Waals surface area contributed by atoms with Crippen LogP contribution in [0.25, 0.3) is 0 Å². The molecule has 0 heterocycles. The summed E-state index contributed by atoms with van der Waals surface area (Å²) in [5.41, 5.74) is 0.982. The van der Waals surface area contributed by atoms with Gasteiger partial charge in [-0.15, -0.1) is 12.4 Å². The molecule has 1 aromatic rings. The molecule has 0 aliphatic heterocycles. The van der Waals surface area contributed by atoms with E-state index in [2.05, 4.69) is 10.6 Å². The van der Waals surface area contributed by atoms with Crippen molar-refractivity contribution in [1.82, 2.24) is 10.6 Å². The Balaban J connectivity index is 0.00000256. The number of amides is 1. The molecule has 0 aliphatic carbocycles. The van der Waals surface area contributed by atoms with E-state index in [-0.39, 0.29) is 18.3 Å². The fourth-order valence-corrected chi connectivity index (χ4v) is 1.79. The van der Waals surface area contributed by atoms with Crippen molar-refractivity contribution in [3.8, 4) is 0 Å². The molecular formula is C11H15Cl3N2O. The van der Waals surface area contributed by atoms with Crippen LogP contribution in [-0.2, 0) is 11.2 Å². The lowest BCUT2D eigenvalue weighted by Crippen LogP contribution is -2.33. The Bertz CT molecular complexity index is 372. The van der Waals surface area contributed by atoms with Crippen LogP contribution in [-0.4, -0.2) is 26.0 Å². The zero-order chi connectivity index (χ0) is 12.0. The molecule has 0 saturated heterocycles. The fourth-order valence-electron chi connectivity index (χ4n) is 1.28. The molecule has 0 radical (unpaired) electrons. The molecule has 6 heteroatoms. The van der Waals surface area contributed by atoms with E-state index < -0.39 is 0 Å². The van der Waals surface area contributed by atoms with Crippen molar-refractivity contribution in [1.29, 1.82) is 0 Å². The highest BCUT2D eigenvalue weighted by atomic mass is 35.5. The van der Waals surface area contributed by atoms with Gasteiger partial charge >= 0.3 is 0 Å². The van der Waals surface area contributed by atoms with Crippen molar-refractivity contribution in [3.05, 3.63) is 33.8 Å². The molecule has 1 amide bonds. The number of carbonyl (C=O) groups excluding carboxylic acids is 1. The van der Waals surface area contributed by atoms with E-state index in [9.17, 15) is 4.79 Å². The maximum absolute atomic E-state index is 11.1. The SMILES string of the molecule is CNCC(=O)NCCc1ccc(Cl)cc1Cl.Cl. The second kappa shape index (κ2) is 8.59. The summed E-state index contributed by atoms with van der Waals surface area (Å²) in [6.45, 7) is 0.899. The second-order valence-corrected chi connectivity index (χ2v) is 4.21. The molecule has 1 aromatic carbocycles. The summed E-state index contributed by atoms with van der Waals surface area (Å²) in [5.74, 6) is -0.0208. The van der Waals surface area contributed by atoms with Gasteiger partial charge in [0.15, 0.2) is 0 Å². The number of likely N-dealkylation sites (N-methyl/N-ethyl adjacent to an activating group) is 1. The van der Waals surface area contributed by atoms with Gasteiger partial charge in [0.05, 0.1) is 6.54 Å². The second-order valence-electron chi connectivity index (χ2n) is 3.37. The Hall–Kier alpha value is -0.480. The molecule has 0 aromatic heterocycles. The quantitative estimate of drug-likeness (QED) is 0.875. The van der Waals surface area contributed by atoms with E-state index in [1.165, 1.54) is 0 Å². The lowest BCUT2D eigenvalue weighted by Gasteiger charge is -2.06. The number of carbonyl (C=O) groups is 1. The van der Waals surface area contributed by atoms with Crippen molar-refractivity contribution in [3.63, 3.8) is 0 Å². The lowest BCUT2D eigenvalue weighted by atomic mass is 10.1. The van der Waals surface area contributed by atoms with Crippen LogP contribution in [0.5, 0.6) is 0 Å². The third kappa shape index (κ3) is 6.13. The fraction of sp³-hybridized carbons (Fsp3) is 0.364. The molecule has 0 aliphatic rings. The summed E-state index contributed by atoms with van der Waals surface area (Å²) in [7, 11) is 1.73. The minimum Gasteiger partial charge on any atom is -0.355 e. The molecule has 0 bridgehead atoms. The largest absolute Gasteiger partial charge is 0.355 e. The first kappa shape index (κ1) is 16.5. The minimum atomic E-state index is -0.0208. The number of rotatable bonds is 5. The molecule has 0 atom stereocenters. The highest BCUT2D eigenvalue weighted by Gasteiger charge is 2.02. The number of hydrogen-bond donors (Lipinski definition) is 2. The Labute approximate surface area is 117 Å². The molecule has 0 unspecified atom stereocenters. The first-order valence-corrected chi connectivity index (χ1v) is 5.74. The Morgan fingerprint density at radius 2 is 2.06 bits per heavy atom. The van der Waals surface area contributed by atoms with Crippen molar-refractivity contribution < 1.29 is 4.79 Å². The van der Waals surface area contributed by atoms with Gasteiger partial charge in [0.25, 0.3) is 0 Å². The van der Waals surface area contributed by atoms with Crippen LogP contribution in [0, 0.1) is 0 Å². The number of hydrogen-bond acceptors (Lipinski definition) is 2. The monoisotopic (exact) mass is 296 g/mol. The van der Waals surface area contributed by atoms with Gasteiger partial charge in [0.2, 0.25) is 5.91 Å². The van der Waals surface area contributed by atoms with Crippen LogP contribution in [0.2, 0.25) is 10.0 Å². The van der Waals surface area contributed by atoms with Gasteiger partial charge < -0.3 is 10.6 Å². The van der Waals surface area contributed by atoms with Gasteiger partial charge in [-0.25, -0.2) is 0 Å². The Kier molecular flexibility index (Phi) is 8.35. The van der Waals surface area contributed by atoms with Crippen molar-refractivity contribution in [2.45, 2.75) is 6.42 Å². The van der Waals surface area contributed by atoms with E-state index in [1.807, 2.05) is 6.07 Å². The highest BCUT2D eigenvalue weighted by Crippen LogP contribution is 2.20. The summed E-state index contributed by atoms with van der Waals surface area (Å²) in [6.07, 6.45) is 0.700. The van der Waals surface area contributed by atoms with E-state index in [0.717, 1.165) is 5.56 Å². The van der Waals surface area contributed by atoms with Gasteiger partial charge in [0.1, 0.15) is 0 Å². The number of nitrogens with one attached hydrogen (secondary N) is 2. The predicted octanol–water partition coefficient (Wildman–Crippen LogP) is 2.29.